The van der Waals surface area contributed by atoms with Crippen LogP contribution in [0.25, 0.3) is 0 Å². The van der Waals surface area contributed by atoms with Crippen LogP contribution in [0.5, 0.6) is 5.75 Å². The standard InChI is InChI=1S/C12H14N2O3/c15-9-3-1-8(2-4-9)14-12(17)10-5-6-13-7-11(10)16/h5-8,16H,1-4H2,(H,14,17). The van der Waals surface area contributed by atoms with Crippen molar-refractivity contribution in [3.05, 3.63) is 24.0 Å². The second-order valence-corrected chi connectivity index (χ2v) is 4.18. The van der Waals surface area contributed by atoms with E-state index in [1.54, 1.807) is 0 Å². The third-order valence-electron chi connectivity index (χ3n) is 2.92. The molecule has 17 heavy (non-hydrogen) atoms. The lowest BCUT2D eigenvalue weighted by Crippen LogP contribution is -2.37. The number of aromatic hydroxyl groups is 1. The average Bonchev–Trinajstić information content (AvgIpc) is 2.32. The molecular weight excluding hydrogens is 220 g/mol. The van der Waals surface area contributed by atoms with Gasteiger partial charge in [-0.2, -0.15) is 0 Å². The van der Waals surface area contributed by atoms with Gasteiger partial charge in [0, 0.05) is 25.1 Å². The Labute approximate surface area is 98.9 Å². The van der Waals surface area contributed by atoms with Crippen molar-refractivity contribution in [1.82, 2.24) is 10.3 Å². The van der Waals surface area contributed by atoms with Crippen molar-refractivity contribution < 1.29 is 14.7 Å². The molecule has 0 bridgehead atoms. The normalized spacial score (nSPS) is 16.8. The molecule has 90 valence electrons. The van der Waals surface area contributed by atoms with Crippen LogP contribution in [-0.4, -0.2) is 27.8 Å². The van der Waals surface area contributed by atoms with Crippen molar-refractivity contribution in [2.45, 2.75) is 31.7 Å². The molecule has 0 aliphatic heterocycles. The molecular formula is C12H14N2O3. The Bertz CT molecular complexity index is 435. The first-order valence-corrected chi connectivity index (χ1v) is 5.62. The van der Waals surface area contributed by atoms with Gasteiger partial charge in [0.05, 0.1) is 11.8 Å². The summed E-state index contributed by atoms with van der Waals surface area (Å²) in [6.45, 7) is 0. The smallest absolute Gasteiger partial charge is 0.255 e. The van der Waals surface area contributed by atoms with Gasteiger partial charge in [0.1, 0.15) is 11.5 Å². The first kappa shape index (κ1) is 11.6. The van der Waals surface area contributed by atoms with Crippen LogP contribution in [0, 0.1) is 0 Å². The number of rotatable bonds is 2. The van der Waals surface area contributed by atoms with Crippen LogP contribution in [0.2, 0.25) is 0 Å². The van der Waals surface area contributed by atoms with Crippen molar-refractivity contribution in [3.63, 3.8) is 0 Å². The van der Waals surface area contributed by atoms with Gasteiger partial charge in [-0.15, -0.1) is 0 Å². The Kier molecular flexibility index (Phi) is 3.37. The summed E-state index contributed by atoms with van der Waals surface area (Å²) in [5.74, 6) is -0.191. The maximum Gasteiger partial charge on any atom is 0.255 e. The van der Waals surface area contributed by atoms with Crippen LogP contribution in [0.1, 0.15) is 36.0 Å². The molecule has 1 amide bonds. The third kappa shape index (κ3) is 2.81. The minimum atomic E-state index is -0.316. The summed E-state index contributed by atoms with van der Waals surface area (Å²) in [6, 6.07) is 1.49. The number of hydrogen-bond acceptors (Lipinski definition) is 4. The zero-order valence-electron chi connectivity index (χ0n) is 9.35. The van der Waals surface area contributed by atoms with E-state index in [-0.39, 0.29) is 29.0 Å². The molecule has 1 heterocycles. The van der Waals surface area contributed by atoms with E-state index >= 15 is 0 Å². The Balaban J connectivity index is 1.98. The highest BCUT2D eigenvalue weighted by molar-refractivity contribution is 5.96. The molecule has 1 aromatic rings. The minimum absolute atomic E-state index is 0.0211. The van der Waals surface area contributed by atoms with Crippen molar-refractivity contribution in [1.29, 1.82) is 0 Å². The van der Waals surface area contributed by atoms with Gasteiger partial charge in [-0.1, -0.05) is 0 Å². The van der Waals surface area contributed by atoms with Crippen molar-refractivity contribution in [3.8, 4) is 5.75 Å². The fourth-order valence-corrected chi connectivity index (χ4v) is 1.93. The van der Waals surface area contributed by atoms with E-state index in [1.165, 1.54) is 18.5 Å². The number of hydrogen-bond donors (Lipinski definition) is 2. The van der Waals surface area contributed by atoms with E-state index in [2.05, 4.69) is 10.3 Å². The fraction of sp³-hybridized carbons (Fsp3) is 0.417. The molecule has 2 rings (SSSR count). The minimum Gasteiger partial charge on any atom is -0.505 e. The second-order valence-electron chi connectivity index (χ2n) is 4.18. The zero-order chi connectivity index (χ0) is 12.3. The molecule has 1 aliphatic carbocycles. The number of Topliss-reactive ketones (excluding diaryl/α,β-unsaturated/α-hetero) is 1. The van der Waals surface area contributed by atoms with E-state index in [0.717, 1.165) is 0 Å². The van der Waals surface area contributed by atoms with Crippen LogP contribution < -0.4 is 5.32 Å². The number of carbonyl (C=O) groups is 2. The van der Waals surface area contributed by atoms with Gasteiger partial charge >= 0.3 is 0 Å². The molecule has 0 radical (unpaired) electrons. The van der Waals surface area contributed by atoms with Crippen LogP contribution >= 0.6 is 0 Å². The number of aromatic nitrogens is 1. The predicted octanol–water partition coefficient (Wildman–Crippen LogP) is 1.03. The summed E-state index contributed by atoms with van der Waals surface area (Å²) in [6.07, 6.45) is 5.09. The molecule has 0 unspecified atom stereocenters. The molecule has 0 aromatic carbocycles. The lowest BCUT2D eigenvalue weighted by molar-refractivity contribution is -0.120. The van der Waals surface area contributed by atoms with Gasteiger partial charge in [0.15, 0.2) is 0 Å². The number of pyridine rings is 1. The molecule has 0 spiro atoms. The van der Waals surface area contributed by atoms with Gasteiger partial charge in [0.2, 0.25) is 0 Å². The summed E-state index contributed by atoms with van der Waals surface area (Å²) in [5, 5.41) is 12.3. The molecule has 2 N–H and O–H groups in total. The molecule has 1 saturated carbocycles. The Hall–Kier alpha value is -1.91. The SMILES string of the molecule is O=C1CCC(NC(=O)c2ccncc2O)CC1. The third-order valence-corrected chi connectivity index (χ3v) is 2.92. The zero-order valence-corrected chi connectivity index (χ0v) is 9.35. The van der Waals surface area contributed by atoms with Crippen LogP contribution in [0.3, 0.4) is 0 Å². The summed E-state index contributed by atoms with van der Waals surface area (Å²) in [4.78, 5) is 26.6. The maximum atomic E-state index is 11.8. The van der Waals surface area contributed by atoms with Gasteiger partial charge in [-0.05, 0) is 18.9 Å². The summed E-state index contributed by atoms with van der Waals surface area (Å²) in [5.41, 5.74) is 0.219. The lowest BCUT2D eigenvalue weighted by atomic mass is 9.94. The summed E-state index contributed by atoms with van der Waals surface area (Å²) in [7, 11) is 0. The van der Waals surface area contributed by atoms with Crippen LogP contribution in [0.15, 0.2) is 18.5 Å². The Morgan fingerprint density at radius 3 is 2.76 bits per heavy atom. The van der Waals surface area contributed by atoms with Gasteiger partial charge in [-0.3, -0.25) is 14.6 Å². The molecule has 0 saturated heterocycles. The fourth-order valence-electron chi connectivity index (χ4n) is 1.93. The van der Waals surface area contributed by atoms with E-state index in [9.17, 15) is 14.7 Å². The number of nitrogens with zero attached hydrogens (tertiary/aromatic N) is 1. The van der Waals surface area contributed by atoms with Crippen LogP contribution in [0.4, 0.5) is 0 Å². The first-order chi connectivity index (χ1) is 8.16. The van der Waals surface area contributed by atoms with Crippen molar-refractivity contribution in [2.24, 2.45) is 0 Å². The highest BCUT2D eigenvalue weighted by atomic mass is 16.3. The number of nitrogens with one attached hydrogen (secondary N) is 1. The van der Waals surface area contributed by atoms with E-state index in [4.69, 9.17) is 0 Å². The molecule has 5 heteroatoms. The average molecular weight is 234 g/mol. The predicted molar refractivity (Wildman–Crippen MR) is 60.6 cm³/mol. The molecule has 1 fully saturated rings. The topological polar surface area (TPSA) is 79.3 Å². The Morgan fingerprint density at radius 1 is 1.41 bits per heavy atom. The van der Waals surface area contributed by atoms with E-state index in [0.29, 0.717) is 25.7 Å². The summed E-state index contributed by atoms with van der Waals surface area (Å²) >= 11 is 0. The Morgan fingerprint density at radius 2 is 2.12 bits per heavy atom. The first-order valence-electron chi connectivity index (χ1n) is 5.62. The van der Waals surface area contributed by atoms with Crippen molar-refractivity contribution >= 4 is 11.7 Å². The number of carbonyl (C=O) groups excluding carboxylic acids is 2. The highest BCUT2D eigenvalue weighted by Crippen LogP contribution is 2.17. The van der Waals surface area contributed by atoms with Crippen LogP contribution in [-0.2, 0) is 4.79 Å². The van der Waals surface area contributed by atoms with Gasteiger partial charge in [-0.25, -0.2) is 0 Å². The number of ketones is 1. The van der Waals surface area contributed by atoms with Gasteiger partial charge in [0.25, 0.3) is 5.91 Å². The van der Waals surface area contributed by atoms with E-state index < -0.39 is 0 Å². The second kappa shape index (κ2) is 4.95. The summed E-state index contributed by atoms with van der Waals surface area (Å²) < 4.78 is 0. The molecule has 0 atom stereocenters. The quantitative estimate of drug-likeness (QED) is 0.801. The van der Waals surface area contributed by atoms with Crippen molar-refractivity contribution in [2.75, 3.05) is 0 Å². The van der Waals surface area contributed by atoms with E-state index in [1.807, 2.05) is 0 Å². The molecule has 1 aliphatic rings. The lowest BCUT2D eigenvalue weighted by Gasteiger charge is -2.22. The highest BCUT2D eigenvalue weighted by Gasteiger charge is 2.21. The van der Waals surface area contributed by atoms with Gasteiger partial charge < -0.3 is 10.4 Å². The monoisotopic (exact) mass is 234 g/mol. The maximum absolute atomic E-state index is 11.8. The molecule has 5 nitrogen and oxygen atoms in total. The molecule has 1 aromatic heterocycles. The largest absolute Gasteiger partial charge is 0.505 e. The number of amides is 1.